The number of nitrogens with zero attached hydrogens (tertiary/aromatic N) is 4. The van der Waals surface area contributed by atoms with Crippen LogP contribution in [0.4, 0.5) is 4.39 Å². The summed E-state index contributed by atoms with van der Waals surface area (Å²) in [6.45, 7) is 5.58. The van der Waals surface area contributed by atoms with Crippen LogP contribution in [-0.4, -0.2) is 63.7 Å². The van der Waals surface area contributed by atoms with E-state index in [9.17, 15) is 14.0 Å². The van der Waals surface area contributed by atoms with Crippen LogP contribution in [0.2, 0.25) is 0 Å². The molecule has 8 nitrogen and oxygen atoms in total. The highest BCUT2D eigenvalue weighted by Gasteiger charge is 2.35. The second-order valence-corrected chi connectivity index (χ2v) is 7.39. The van der Waals surface area contributed by atoms with Crippen molar-refractivity contribution in [2.45, 2.75) is 44.9 Å². The van der Waals surface area contributed by atoms with Crippen LogP contribution in [0.25, 0.3) is 0 Å². The molecule has 1 saturated heterocycles. The Morgan fingerprint density at radius 2 is 2.24 bits per heavy atom. The van der Waals surface area contributed by atoms with Crippen LogP contribution < -0.4 is 10.6 Å². The number of aromatic nitrogens is 2. The van der Waals surface area contributed by atoms with Crippen molar-refractivity contribution in [3.05, 3.63) is 10.6 Å². The molecule has 0 aliphatic carbocycles. The lowest BCUT2D eigenvalue weighted by Crippen LogP contribution is -2.52. The first kappa shape index (κ1) is 19.2. The Balaban J connectivity index is 1.83. The van der Waals surface area contributed by atoms with E-state index in [4.69, 9.17) is 5.26 Å². The van der Waals surface area contributed by atoms with Crippen molar-refractivity contribution in [3.63, 3.8) is 0 Å². The number of carbonyl (C=O) groups excluding carboxylic acids is 2. The van der Waals surface area contributed by atoms with E-state index in [0.717, 1.165) is 11.5 Å². The maximum Gasteiger partial charge on any atom is 0.265 e. The third-order valence-electron chi connectivity index (χ3n) is 3.99. The standard InChI is InChI=1S/C15H21FN6O2S/c1-9-13(25-21-20-9)14(24)18-8-15(2,3)19-6-12(23)22-7-10(16)4-11(22)5-17/h10-11,19H,4,6-8H2,1-3H3,(H,18,24)/t10-,11-/m0/s1. The molecule has 0 bridgehead atoms. The van der Waals surface area contributed by atoms with Gasteiger partial charge in [0, 0.05) is 18.5 Å². The van der Waals surface area contributed by atoms with Gasteiger partial charge in [0.25, 0.3) is 5.91 Å². The molecule has 2 rings (SSSR count). The van der Waals surface area contributed by atoms with Gasteiger partial charge in [-0.1, -0.05) is 4.49 Å². The molecule has 2 N–H and O–H groups in total. The van der Waals surface area contributed by atoms with Crippen LogP contribution in [0, 0.1) is 18.3 Å². The van der Waals surface area contributed by atoms with Crippen LogP contribution in [-0.2, 0) is 4.79 Å². The molecule has 1 aromatic heterocycles. The number of rotatable bonds is 6. The van der Waals surface area contributed by atoms with E-state index in [0.29, 0.717) is 10.6 Å². The topological polar surface area (TPSA) is 111 Å². The molecule has 1 fully saturated rings. The highest BCUT2D eigenvalue weighted by Crippen LogP contribution is 2.19. The van der Waals surface area contributed by atoms with Gasteiger partial charge in [-0.25, -0.2) is 4.39 Å². The van der Waals surface area contributed by atoms with E-state index in [2.05, 4.69) is 20.2 Å². The molecule has 1 aliphatic rings. The van der Waals surface area contributed by atoms with Gasteiger partial charge in [-0.05, 0) is 32.3 Å². The van der Waals surface area contributed by atoms with Gasteiger partial charge in [0.15, 0.2) is 0 Å². The Bertz CT molecular complexity index is 686. The molecule has 0 unspecified atom stereocenters. The number of halogens is 1. The predicted octanol–water partition coefficient (Wildman–Crippen LogP) is 0.407. The summed E-state index contributed by atoms with van der Waals surface area (Å²) in [5.74, 6) is -0.591. The van der Waals surface area contributed by atoms with Crippen LogP contribution in [0.1, 0.15) is 35.6 Å². The van der Waals surface area contributed by atoms with Gasteiger partial charge in [-0.15, -0.1) is 5.10 Å². The molecule has 0 saturated carbocycles. The average molecular weight is 368 g/mol. The Kier molecular flexibility index (Phi) is 6.02. The number of amides is 2. The van der Waals surface area contributed by atoms with E-state index in [-0.39, 0.29) is 37.9 Å². The number of likely N-dealkylation sites (tertiary alicyclic amines) is 1. The van der Waals surface area contributed by atoms with E-state index in [1.165, 1.54) is 4.90 Å². The summed E-state index contributed by atoms with van der Waals surface area (Å²) in [6, 6.07) is 1.24. The maximum atomic E-state index is 13.4. The summed E-state index contributed by atoms with van der Waals surface area (Å²) in [4.78, 5) is 26.0. The van der Waals surface area contributed by atoms with Crippen molar-refractivity contribution in [2.24, 2.45) is 0 Å². The molecule has 1 aliphatic heterocycles. The largest absolute Gasteiger partial charge is 0.349 e. The van der Waals surface area contributed by atoms with Crippen LogP contribution in [0.15, 0.2) is 0 Å². The van der Waals surface area contributed by atoms with Gasteiger partial charge in [-0.3, -0.25) is 9.59 Å². The molecule has 0 spiro atoms. The second-order valence-electron chi connectivity index (χ2n) is 6.63. The lowest BCUT2D eigenvalue weighted by atomic mass is 10.1. The first-order chi connectivity index (χ1) is 11.7. The minimum absolute atomic E-state index is 0.0328. The highest BCUT2D eigenvalue weighted by molar-refractivity contribution is 7.07. The fraction of sp³-hybridized carbons (Fsp3) is 0.667. The molecule has 2 atom stereocenters. The summed E-state index contributed by atoms with van der Waals surface area (Å²) in [6.07, 6.45) is -1.10. The maximum absolute atomic E-state index is 13.4. The van der Waals surface area contributed by atoms with Crippen LogP contribution >= 0.6 is 11.5 Å². The Labute approximate surface area is 149 Å². The van der Waals surface area contributed by atoms with Crippen LogP contribution in [0.5, 0.6) is 0 Å². The first-order valence-corrected chi connectivity index (χ1v) is 8.66. The Morgan fingerprint density at radius 1 is 1.52 bits per heavy atom. The smallest absolute Gasteiger partial charge is 0.265 e. The molecular weight excluding hydrogens is 347 g/mol. The van der Waals surface area contributed by atoms with Gasteiger partial charge in [0.05, 0.1) is 24.9 Å². The van der Waals surface area contributed by atoms with Crippen molar-refractivity contribution in [1.82, 2.24) is 25.1 Å². The van der Waals surface area contributed by atoms with E-state index < -0.39 is 17.8 Å². The van der Waals surface area contributed by atoms with Crippen molar-refractivity contribution in [3.8, 4) is 6.07 Å². The summed E-state index contributed by atoms with van der Waals surface area (Å²) >= 11 is 1.03. The van der Waals surface area contributed by atoms with Crippen molar-refractivity contribution in [1.29, 1.82) is 5.26 Å². The van der Waals surface area contributed by atoms with E-state index in [1.54, 1.807) is 6.92 Å². The summed E-state index contributed by atoms with van der Waals surface area (Å²) in [5, 5.41) is 18.6. The number of hydrogen-bond acceptors (Lipinski definition) is 7. The third kappa shape index (κ3) is 4.93. The van der Waals surface area contributed by atoms with E-state index in [1.807, 2.05) is 19.9 Å². The Morgan fingerprint density at radius 3 is 2.84 bits per heavy atom. The first-order valence-electron chi connectivity index (χ1n) is 7.89. The number of hydrogen-bond donors (Lipinski definition) is 2. The monoisotopic (exact) mass is 368 g/mol. The second kappa shape index (κ2) is 7.84. The number of nitriles is 1. The molecule has 1 aromatic rings. The van der Waals surface area contributed by atoms with Gasteiger partial charge < -0.3 is 15.5 Å². The fourth-order valence-electron chi connectivity index (χ4n) is 2.48. The zero-order valence-corrected chi connectivity index (χ0v) is 15.2. The lowest BCUT2D eigenvalue weighted by molar-refractivity contribution is -0.130. The lowest BCUT2D eigenvalue weighted by Gasteiger charge is -2.28. The van der Waals surface area contributed by atoms with Gasteiger partial charge in [-0.2, -0.15) is 5.26 Å². The van der Waals surface area contributed by atoms with Gasteiger partial charge >= 0.3 is 0 Å². The highest BCUT2D eigenvalue weighted by atomic mass is 32.1. The number of nitrogens with one attached hydrogen (secondary N) is 2. The molecular formula is C15H21FN6O2S. The van der Waals surface area contributed by atoms with Crippen LogP contribution in [0.3, 0.4) is 0 Å². The normalized spacial score (nSPS) is 20.4. The fourth-order valence-corrected chi connectivity index (χ4v) is 3.06. The predicted molar refractivity (Wildman–Crippen MR) is 89.7 cm³/mol. The zero-order chi connectivity index (χ0) is 18.6. The van der Waals surface area contributed by atoms with E-state index >= 15 is 0 Å². The quantitative estimate of drug-likeness (QED) is 0.752. The summed E-state index contributed by atoms with van der Waals surface area (Å²) < 4.78 is 17.1. The minimum Gasteiger partial charge on any atom is -0.349 e. The minimum atomic E-state index is -1.16. The number of carbonyl (C=O) groups is 2. The summed E-state index contributed by atoms with van der Waals surface area (Å²) in [5.41, 5.74) is 0.00899. The van der Waals surface area contributed by atoms with Gasteiger partial charge in [0.1, 0.15) is 17.1 Å². The molecule has 0 aromatic carbocycles. The molecule has 136 valence electrons. The molecule has 2 heterocycles. The SMILES string of the molecule is Cc1nnsc1C(=O)NCC(C)(C)NCC(=O)N1C[C@@H](F)C[C@H]1C#N. The van der Waals surface area contributed by atoms with Gasteiger partial charge in [0.2, 0.25) is 5.91 Å². The van der Waals surface area contributed by atoms with Crippen molar-refractivity contribution >= 4 is 23.3 Å². The molecule has 0 radical (unpaired) electrons. The van der Waals surface area contributed by atoms with Crippen molar-refractivity contribution in [2.75, 3.05) is 19.6 Å². The molecule has 10 heteroatoms. The third-order valence-corrected chi connectivity index (χ3v) is 4.81. The Hall–Kier alpha value is -2.12. The molecule has 25 heavy (non-hydrogen) atoms. The number of aryl methyl sites for hydroxylation is 1. The zero-order valence-electron chi connectivity index (χ0n) is 14.4. The van der Waals surface area contributed by atoms with Crippen molar-refractivity contribution < 1.29 is 14.0 Å². The molecule has 2 amide bonds. The average Bonchev–Trinajstić information content (AvgIpc) is 3.16. The number of alkyl halides is 1. The summed E-state index contributed by atoms with van der Waals surface area (Å²) in [7, 11) is 0.